The number of primary amides is 1. The first-order valence-electron chi connectivity index (χ1n) is 5.55. The van der Waals surface area contributed by atoms with Crippen LogP contribution in [0.25, 0.3) is 6.08 Å². The fourth-order valence-corrected chi connectivity index (χ4v) is 1.49. The van der Waals surface area contributed by atoms with E-state index in [2.05, 4.69) is 0 Å². The van der Waals surface area contributed by atoms with E-state index in [1.54, 1.807) is 0 Å². The van der Waals surface area contributed by atoms with Crippen LogP contribution in [0, 0.1) is 5.82 Å². The number of hydrogen-bond acceptors (Lipinski definition) is 3. The summed E-state index contributed by atoms with van der Waals surface area (Å²) in [5, 5.41) is 8.51. The van der Waals surface area contributed by atoms with Crippen molar-refractivity contribution in [3.63, 3.8) is 0 Å². The number of carboxylic acid groups (broad SMARTS) is 1. The lowest BCUT2D eigenvalue weighted by Gasteiger charge is -2.15. The molecular formula is C13H13FN2O4. The van der Waals surface area contributed by atoms with Crippen molar-refractivity contribution in [2.45, 2.75) is 0 Å². The number of benzene rings is 1. The first-order chi connectivity index (χ1) is 9.31. The van der Waals surface area contributed by atoms with Gasteiger partial charge in [-0.05, 0) is 23.8 Å². The Morgan fingerprint density at radius 1 is 1.40 bits per heavy atom. The van der Waals surface area contributed by atoms with Crippen LogP contribution in [0.2, 0.25) is 0 Å². The van der Waals surface area contributed by atoms with Crippen LogP contribution in [0.15, 0.2) is 24.3 Å². The summed E-state index contributed by atoms with van der Waals surface area (Å²) >= 11 is 0. The molecule has 106 valence electrons. The van der Waals surface area contributed by atoms with Gasteiger partial charge in [-0.15, -0.1) is 0 Å². The molecule has 0 saturated heterocycles. The molecule has 0 saturated carbocycles. The van der Waals surface area contributed by atoms with Crippen molar-refractivity contribution in [3.8, 4) is 0 Å². The Labute approximate surface area is 114 Å². The molecule has 6 nitrogen and oxygen atoms in total. The van der Waals surface area contributed by atoms with E-state index in [1.165, 1.54) is 25.3 Å². The molecule has 0 fully saturated rings. The third-order valence-electron chi connectivity index (χ3n) is 2.38. The van der Waals surface area contributed by atoms with Crippen LogP contribution in [-0.2, 0) is 9.59 Å². The number of carboxylic acids is 1. The minimum absolute atomic E-state index is 0.263. The molecule has 2 amide bonds. The summed E-state index contributed by atoms with van der Waals surface area (Å²) in [6.07, 6.45) is 2.10. The van der Waals surface area contributed by atoms with E-state index in [4.69, 9.17) is 10.8 Å². The van der Waals surface area contributed by atoms with Gasteiger partial charge in [0.15, 0.2) is 0 Å². The van der Waals surface area contributed by atoms with E-state index in [1.807, 2.05) is 0 Å². The van der Waals surface area contributed by atoms with Crippen LogP contribution >= 0.6 is 0 Å². The Kier molecular flexibility index (Phi) is 4.96. The molecule has 0 heterocycles. The Morgan fingerprint density at radius 2 is 2.05 bits per heavy atom. The number of amides is 2. The predicted octanol–water partition coefficient (Wildman–Crippen LogP) is 0.481. The van der Waals surface area contributed by atoms with Crippen LogP contribution in [0.5, 0.6) is 0 Å². The van der Waals surface area contributed by atoms with Crippen molar-refractivity contribution in [3.05, 3.63) is 41.2 Å². The molecule has 3 N–H and O–H groups in total. The third-order valence-corrected chi connectivity index (χ3v) is 2.38. The van der Waals surface area contributed by atoms with Gasteiger partial charge in [0.1, 0.15) is 5.82 Å². The van der Waals surface area contributed by atoms with Crippen LogP contribution in [-0.4, -0.2) is 41.4 Å². The molecule has 0 unspecified atom stereocenters. The van der Waals surface area contributed by atoms with E-state index in [0.717, 1.165) is 17.0 Å². The van der Waals surface area contributed by atoms with E-state index in [0.29, 0.717) is 5.56 Å². The molecule has 0 aliphatic carbocycles. The topological polar surface area (TPSA) is 101 Å². The van der Waals surface area contributed by atoms with E-state index < -0.39 is 23.6 Å². The second-order valence-corrected chi connectivity index (χ2v) is 4.04. The number of likely N-dealkylation sites (N-methyl/N-ethyl adjacent to an activating group) is 1. The Morgan fingerprint density at radius 3 is 2.60 bits per heavy atom. The summed E-state index contributed by atoms with van der Waals surface area (Å²) in [5.74, 6) is -3.36. The van der Waals surface area contributed by atoms with Crippen LogP contribution in [0.1, 0.15) is 15.9 Å². The van der Waals surface area contributed by atoms with Gasteiger partial charge >= 0.3 is 5.97 Å². The lowest BCUT2D eigenvalue weighted by atomic mass is 10.1. The van der Waals surface area contributed by atoms with Crippen molar-refractivity contribution >= 4 is 23.9 Å². The van der Waals surface area contributed by atoms with Crippen LogP contribution < -0.4 is 5.73 Å². The van der Waals surface area contributed by atoms with E-state index in [9.17, 15) is 18.8 Å². The molecular weight excluding hydrogens is 267 g/mol. The van der Waals surface area contributed by atoms with Crippen molar-refractivity contribution in [1.82, 2.24) is 4.90 Å². The van der Waals surface area contributed by atoms with Crippen LogP contribution in [0.3, 0.4) is 0 Å². The number of rotatable bonds is 5. The molecule has 0 radical (unpaired) electrons. The normalized spacial score (nSPS) is 10.5. The Bertz CT molecular complexity index is 584. The highest BCUT2D eigenvalue weighted by Crippen LogP contribution is 2.14. The molecule has 0 aliphatic rings. The number of nitrogens with zero attached hydrogens (tertiary/aromatic N) is 1. The molecule has 0 bridgehead atoms. The van der Waals surface area contributed by atoms with Crippen molar-refractivity contribution in [2.24, 2.45) is 5.73 Å². The highest BCUT2D eigenvalue weighted by atomic mass is 19.1. The maximum Gasteiger partial charge on any atom is 0.328 e. The number of aliphatic carboxylic acids is 1. The largest absolute Gasteiger partial charge is 0.478 e. The summed E-state index contributed by atoms with van der Waals surface area (Å²) in [7, 11) is 1.31. The lowest BCUT2D eigenvalue weighted by Crippen LogP contribution is -2.35. The highest BCUT2D eigenvalue weighted by molar-refractivity contribution is 5.97. The van der Waals surface area contributed by atoms with Crippen molar-refractivity contribution in [2.75, 3.05) is 13.6 Å². The molecule has 7 heteroatoms. The Balaban J connectivity index is 3.04. The van der Waals surface area contributed by atoms with Gasteiger partial charge < -0.3 is 15.7 Å². The molecule has 1 rings (SSSR count). The SMILES string of the molecule is CN(CC(N)=O)C(=O)c1cc(C=CC(=O)O)ccc1F. The molecule has 0 spiro atoms. The molecule has 20 heavy (non-hydrogen) atoms. The predicted molar refractivity (Wildman–Crippen MR) is 69.2 cm³/mol. The van der Waals surface area contributed by atoms with Crippen LogP contribution in [0.4, 0.5) is 4.39 Å². The molecule has 1 aromatic rings. The van der Waals surface area contributed by atoms with Gasteiger partial charge in [-0.3, -0.25) is 9.59 Å². The highest BCUT2D eigenvalue weighted by Gasteiger charge is 2.17. The summed E-state index contributed by atoms with van der Waals surface area (Å²) in [6.45, 7) is -0.340. The van der Waals surface area contributed by atoms with Gasteiger partial charge in [-0.1, -0.05) is 6.07 Å². The fraction of sp³-hybridized carbons (Fsp3) is 0.154. The number of nitrogens with two attached hydrogens (primary N) is 1. The lowest BCUT2D eigenvalue weighted by molar-refractivity contribution is -0.131. The monoisotopic (exact) mass is 280 g/mol. The maximum absolute atomic E-state index is 13.6. The number of carbonyl (C=O) groups excluding carboxylic acids is 2. The maximum atomic E-state index is 13.6. The zero-order chi connectivity index (χ0) is 15.3. The van der Waals surface area contributed by atoms with Gasteiger partial charge in [-0.25, -0.2) is 9.18 Å². The second-order valence-electron chi connectivity index (χ2n) is 4.04. The summed E-state index contributed by atoms with van der Waals surface area (Å²) in [4.78, 5) is 34.0. The number of halogens is 1. The van der Waals surface area contributed by atoms with E-state index in [-0.39, 0.29) is 12.1 Å². The quantitative estimate of drug-likeness (QED) is 0.766. The zero-order valence-corrected chi connectivity index (χ0v) is 10.7. The fourth-order valence-electron chi connectivity index (χ4n) is 1.49. The molecule has 0 aliphatic heterocycles. The summed E-state index contributed by atoms with van der Waals surface area (Å²) in [6, 6.07) is 3.58. The molecule has 0 aromatic heterocycles. The summed E-state index contributed by atoms with van der Waals surface area (Å²) < 4.78 is 13.6. The molecule has 0 atom stereocenters. The smallest absolute Gasteiger partial charge is 0.328 e. The van der Waals surface area contributed by atoms with Gasteiger partial charge in [0.05, 0.1) is 12.1 Å². The second kappa shape index (κ2) is 6.46. The molecule has 1 aromatic carbocycles. The summed E-state index contributed by atoms with van der Waals surface area (Å²) in [5.41, 5.74) is 5.04. The average molecular weight is 280 g/mol. The minimum atomic E-state index is -1.16. The van der Waals surface area contributed by atoms with Gasteiger partial charge in [0.25, 0.3) is 5.91 Å². The minimum Gasteiger partial charge on any atom is -0.478 e. The number of hydrogen-bond donors (Lipinski definition) is 2. The van der Waals surface area contributed by atoms with E-state index >= 15 is 0 Å². The first-order valence-corrected chi connectivity index (χ1v) is 5.55. The average Bonchev–Trinajstić information content (AvgIpc) is 2.36. The van der Waals surface area contributed by atoms with Gasteiger partial charge in [-0.2, -0.15) is 0 Å². The van der Waals surface area contributed by atoms with Crippen molar-refractivity contribution in [1.29, 1.82) is 0 Å². The standard InChI is InChI=1S/C13H13FN2O4/c1-16(7-11(15)17)13(20)9-6-8(2-4-10(9)14)3-5-12(18)19/h2-6H,7H2,1H3,(H2,15,17)(H,18,19). The van der Waals surface area contributed by atoms with Gasteiger partial charge in [0, 0.05) is 13.1 Å². The third kappa shape index (κ3) is 4.20. The first kappa shape index (κ1) is 15.4. The number of carbonyl (C=O) groups is 3. The Hall–Kier alpha value is -2.70. The van der Waals surface area contributed by atoms with Crippen molar-refractivity contribution < 1.29 is 23.9 Å². The zero-order valence-electron chi connectivity index (χ0n) is 10.7. The van der Waals surface area contributed by atoms with Gasteiger partial charge in [0.2, 0.25) is 5.91 Å².